The topological polar surface area (TPSA) is 70.7 Å². The molecule has 9 heteroatoms. The van der Waals surface area contributed by atoms with Crippen LogP contribution in [0.2, 0.25) is 5.15 Å². The predicted molar refractivity (Wildman–Crippen MR) is 83.5 cm³/mol. The van der Waals surface area contributed by atoms with Crippen molar-refractivity contribution in [2.75, 3.05) is 7.11 Å². The van der Waals surface area contributed by atoms with Crippen molar-refractivity contribution in [2.24, 2.45) is 7.05 Å². The number of halogens is 1. The Labute approximate surface area is 136 Å². The summed E-state index contributed by atoms with van der Waals surface area (Å²) in [7, 11) is 3.49. The van der Waals surface area contributed by atoms with Crippen LogP contribution in [0.4, 0.5) is 0 Å². The zero-order valence-corrected chi connectivity index (χ0v) is 13.5. The minimum absolute atomic E-state index is 0.597. The van der Waals surface area contributed by atoms with Crippen molar-refractivity contribution in [3.63, 3.8) is 0 Å². The summed E-state index contributed by atoms with van der Waals surface area (Å²) in [6.07, 6.45) is 1.63. The summed E-state index contributed by atoms with van der Waals surface area (Å²) in [6.45, 7) is 0. The van der Waals surface area contributed by atoms with Crippen molar-refractivity contribution in [1.82, 2.24) is 29.8 Å². The van der Waals surface area contributed by atoms with E-state index in [4.69, 9.17) is 16.3 Å². The summed E-state index contributed by atoms with van der Waals surface area (Å²) in [4.78, 5) is 4.26. The van der Waals surface area contributed by atoms with Gasteiger partial charge in [-0.3, -0.25) is 0 Å². The summed E-state index contributed by atoms with van der Waals surface area (Å²) in [5, 5.41) is 13.1. The number of aromatic nitrogens is 6. The van der Waals surface area contributed by atoms with Crippen molar-refractivity contribution >= 4 is 23.4 Å². The van der Waals surface area contributed by atoms with Gasteiger partial charge in [-0.15, -0.1) is 5.10 Å². The monoisotopic (exact) mass is 336 g/mol. The molecule has 3 rings (SSSR count). The number of imidazole rings is 1. The van der Waals surface area contributed by atoms with Gasteiger partial charge >= 0.3 is 0 Å². The van der Waals surface area contributed by atoms with Gasteiger partial charge in [0.15, 0.2) is 0 Å². The highest BCUT2D eigenvalue weighted by Gasteiger charge is 2.14. The predicted octanol–water partition coefficient (Wildman–Crippen LogP) is 2.35. The first-order chi connectivity index (χ1) is 10.7. The average Bonchev–Trinajstić information content (AvgIpc) is 3.13. The maximum atomic E-state index is 5.99. The van der Waals surface area contributed by atoms with Crippen LogP contribution in [0.5, 0.6) is 5.75 Å². The van der Waals surface area contributed by atoms with E-state index in [1.54, 1.807) is 18.0 Å². The van der Waals surface area contributed by atoms with Gasteiger partial charge in [0.05, 0.1) is 19.1 Å². The molecule has 0 atom stereocenters. The Bertz CT molecular complexity index is 786. The molecule has 0 N–H and O–H groups in total. The highest BCUT2D eigenvalue weighted by atomic mass is 35.5. The molecule has 1 aromatic carbocycles. The van der Waals surface area contributed by atoms with Crippen LogP contribution < -0.4 is 4.74 Å². The summed E-state index contributed by atoms with van der Waals surface area (Å²) in [5.74, 6) is 2.17. The first-order valence-electron chi connectivity index (χ1n) is 6.41. The number of thioether (sulfide) groups is 1. The Balaban J connectivity index is 1.85. The quantitative estimate of drug-likeness (QED) is 0.666. The van der Waals surface area contributed by atoms with Crippen LogP contribution in [-0.2, 0) is 12.8 Å². The first-order valence-corrected chi connectivity index (χ1v) is 7.77. The van der Waals surface area contributed by atoms with E-state index in [1.807, 2.05) is 35.9 Å². The number of hydrogen-bond donors (Lipinski definition) is 0. The van der Waals surface area contributed by atoms with Gasteiger partial charge in [0.2, 0.25) is 5.16 Å². The van der Waals surface area contributed by atoms with Gasteiger partial charge in [-0.25, -0.2) is 4.98 Å². The molecule has 3 aromatic rings. The van der Waals surface area contributed by atoms with Crippen LogP contribution >= 0.6 is 23.4 Å². The molecule has 0 fully saturated rings. The van der Waals surface area contributed by atoms with E-state index >= 15 is 0 Å². The zero-order valence-electron chi connectivity index (χ0n) is 12.0. The Kier molecular flexibility index (Phi) is 4.30. The third-order valence-electron chi connectivity index (χ3n) is 3.11. The maximum absolute atomic E-state index is 5.99. The molecule has 2 aromatic heterocycles. The molecule has 7 nitrogen and oxygen atoms in total. The van der Waals surface area contributed by atoms with Gasteiger partial charge in [-0.2, -0.15) is 4.68 Å². The first kappa shape index (κ1) is 14.9. The maximum Gasteiger partial charge on any atom is 0.214 e. The van der Waals surface area contributed by atoms with Crippen LogP contribution in [0, 0.1) is 0 Å². The lowest BCUT2D eigenvalue weighted by atomic mass is 10.3. The molecule has 0 aliphatic heterocycles. The van der Waals surface area contributed by atoms with E-state index in [2.05, 4.69) is 20.5 Å². The van der Waals surface area contributed by atoms with E-state index in [-0.39, 0.29) is 0 Å². The number of hydrogen-bond acceptors (Lipinski definition) is 6. The molecule has 0 radical (unpaired) electrons. The van der Waals surface area contributed by atoms with E-state index in [0.717, 1.165) is 11.5 Å². The number of para-hydroxylation sites is 2. The molecular weight excluding hydrogens is 324 g/mol. The third kappa shape index (κ3) is 2.79. The number of rotatable bonds is 5. The lowest BCUT2D eigenvalue weighted by Crippen LogP contribution is -2.02. The van der Waals surface area contributed by atoms with Gasteiger partial charge in [0, 0.05) is 7.05 Å². The van der Waals surface area contributed by atoms with Crippen LogP contribution in [0.1, 0.15) is 5.82 Å². The Morgan fingerprint density at radius 3 is 2.86 bits per heavy atom. The van der Waals surface area contributed by atoms with Gasteiger partial charge in [-0.05, 0) is 22.6 Å². The Morgan fingerprint density at radius 2 is 2.14 bits per heavy atom. The lowest BCUT2D eigenvalue weighted by Gasteiger charge is -2.08. The van der Waals surface area contributed by atoms with Gasteiger partial charge in [0.25, 0.3) is 0 Å². The fourth-order valence-electron chi connectivity index (χ4n) is 1.91. The van der Waals surface area contributed by atoms with Crippen LogP contribution in [0.15, 0.2) is 35.6 Å². The van der Waals surface area contributed by atoms with Crippen molar-refractivity contribution in [1.29, 1.82) is 0 Å². The second-order valence-corrected chi connectivity index (χ2v) is 5.72. The second-order valence-electron chi connectivity index (χ2n) is 4.39. The standard InChI is InChI=1S/C13H13ClN6OS/c1-19-11(14)7-15-12(19)8-22-13-16-17-18-20(13)9-5-3-4-6-10(9)21-2/h3-7H,8H2,1-2H3. The van der Waals surface area contributed by atoms with E-state index < -0.39 is 0 Å². The van der Waals surface area contributed by atoms with Crippen LogP contribution in [0.25, 0.3) is 5.69 Å². The smallest absolute Gasteiger partial charge is 0.214 e. The fraction of sp³-hybridized carbons (Fsp3) is 0.231. The van der Waals surface area contributed by atoms with Gasteiger partial charge < -0.3 is 9.30 Å². The number of tetrazole rings is 1. The normalized spacial score (nSPS) is 10.9. The van der Waals surface area contributed by atoms with Crippen LogP contribution in [0.3, 0.4) is 0 Å². The molecule has 0 saturated carbocycles. The molecular formula is C13H13ClN6OS. The minimum atomic E-state index is 0.597. The minimum Gasteiger partial charge on any atom is -0.494 e. The molecule has 0 spiro atoms. The molecule has 0 unspecified atom stereocenters. The molecule has 0 amide bonds. The van der Waals surface area contributed by atoms with E-state index in [9.17, 15) is 0 Å². The third-order valence-corrected chi connectivity index (χ3v) is 4.38. The fourth-order valence-corrected chi connectivity index (χ4v) is 2.94. The number of nitrogens with zero attached hydrogens (tertiary/aromatic N) is 6. The molecule has 0 saturated heterocycles. The van der Waals surface area contributed by atoms with Gasteiger partial charge in [0.1, 0.15) is 22.4 Å². The molecule has 0 aliphatic rings. The zero-order chi connectivity index (χ0) is 15.5. The van der Waals surface area contributed by atoms with Crippen molar-refractivity contribution in [2.45, 2.75) is 10.9 Å². The summed E-state index contributed by atoms with van der Waals surface area (Å²) in [5.41, 5.74) is 0.787. The molecule has 0 bridgehead atoms. The van der Waals surface area contributed by atoms with Crippen molar-refractivity contribution in [3.05, 3.63) is 41.4 Å². The largest absolute Gasteiger partial charge is 0.494 e. The van der Waals surface area contributed by atoms with Crippen molar-refractivity contribution in [3.8, 4) is 11.4 Å². The number of benzene rings is 1. The SMILES string of the molecule is COc1ccccc1-n1nnnc1SCc1ncc(Cl)n1C. The highest BCUT2D eigenvalue weighted by molar-refractivity contribution is 7.98. The highest BCUT2D eigenvalue weighted by Crippen LogP contribution is 2.27. The Morgan fingerprint density at radius 1 is 1.32 bits per heavy atom. The van der Waals surface area contributed by atoms with Crippen LogP contribution in [-0.4, -0.2) is 36.9 Å². The average molecular weight is 337 g/mol. The summed E-state index contributed by atoms with van der Waals surface area (Å²) in [6, 6.07) is 7.57. The van der Waals surface area contributed by atoms with E-state index in [1.165, 1.54) is 11.8 Å². The number of methoxy groups -OCH3 is 1. The molecule has 0 aliphatic carbocycles. The second kappa shape index (κ2) is 6.37. The van der Waals surface area contributed by atoms with Gasteiger partial charge in [-0.1, -0.05) is 35.5 Å². The molecule has 2 heterocycles. The molecule has 114 valence electrons. The Hall–Kier alpha value is -2.06. The summed E-state index contributed by atoms with van der Waals surface area (Å²) < 4.78 is 8.82. The molecule has 22 heavy (non-hydrogen) atoms. The van der Waals surface area contributed by atoms with Crippen molar-refractivity contribution < 1.29 is 4.74 Å². The summed E-state index contributed by atoms with van der Waals surface area (Å²) >= 11 is 7.46. The lowest BCUT2D eigenvalue weighted by molar-refractivity contribution is 0.410. The number of ether oxygens (including phenoxy) is 1. The van der Waals surface area contributed by atoms with E-state index in [0.29, 0.717) is 21.8 Å².